The van der Waals surface area contributed by atoms with Gasteiger partial charge in [-0.25, -0.2) is 0 Å². The van der Waals surface area contributed by atoms with E-state index in [0.717, 1.165) is 15.8 Å². The van der Waals surface area contributed by atoms with Crippen molar-refractivity contribution in [3.8, 4) is 5.75 Å². The summed E-state index contributed by atoms with van der Waals surface area (Å²) in [6.45, 7) is 3.08. The van der Waals surface area contributed by atoms with Crippen LogP contribution in [-0.4, -0.2) is 43.6 Å². The first kappa shape index (κ1) is 24.5. The number of thioether (sulfide) groups is 1. The smallest absolute Gasteiger partial charge is 0.339 e. The molecule has 1 aliphatic heterocycles. The summed E-state index contributed by atoms with van der Waals surface area (Å²) in [4.78, 5) is 37.9. The van der Waals surface area contributed by atoms with Crippen LogP contribution in [0.3, 0.4) is 0 Å². The van der Waals surface area contributed by atoms with Crippen LogP contribution in [0.5, 0.6) is 5.75 Å². The monoisotopic (exact) mass is 511 g/mol. The number of fused-ring (bicyclic) bond motifs is 1. The predicted molar refractivity (Wildman–Crippen MR) is 132 cm³/mol. The van der Waals surface area contributed by atoms with Crippen molar-refractivity contribution in [3.05, 3.63) is 76.7 Å². The second kappa shape index (κ2) is 9.93. The summed E-state index contributed by atoms with van der Waals surface area (Å²) in [5.74, 6) is -1.37. The molecule has 0 atom stereocenters. The Morgan fingerprint density at radius 3 is 2.46 bits per heavy atom. The summed E-state index contributed by atoms with van der Waals surface area (Å²) in [6.07, 6.45) is 1.42. The number of aryl methyl sites for hydroxylation is 1. The van der Waals surface area contributed by atoms with Crippen molar-refractivity contribution in [1.82, 2.24) is 4.90 Å². The first-order chi connectivity index (χ1) is 16.7. The van der Waals surface area contributed by atoms with Crippen LogP contribution in [0, 0.1) is 6.92 Å². The second-order valence-electron chi connectivity index (χ2n) is 7.62. The molecule has 0 spiro atoms. The molecule has 0 saturated carbocycles. The molecule has 10 heteroatoms. The molecular formula is C25H21NO7S2. The minimum Gasteiger partial charge on any atom is -0.465 e. The fourth-order valence-corrected chi connectivity index (χ4v) is 5.24. The number of carbonyl (C=O) groups is 3. The molecule has 3 aromatic rings. The Labute approximate surface area is 206 Å². The van der Waals surface area contributed by atoms with Crippen LogP contribution in [-0.2, 0) is 24.4 Å². The lowest BCUT2D eigenvalue weighted by molar-refractivity contribution is -0.145. The third kappa shape index (κ3) is 5.23. The second-order valence-corrected chi connectivity index (χ2v) is 10.2. The molecule has 1 fully saturated rings. The van der Waals surface area contributed by atoms with Crippen LogP contribution >= 0.6 is 11.8 Å². The number of imide groups is 1. The van der Waals surface area contributed by atoms with E-state index in [-0.39, 0.29) is 22.2 Å². The summed E-state index contributed by atoms with van der Waals surface area (Å²) in [5.41, 5.74) is 1.22. The largest absolute Gasteiger partial charge is 0.465 e. The highest BCUT2D eigenvalue weighted by molar-refractivity contribution is 8.18. The van der Waals surface area contributed by atoms with Crippen LogP contribution in [0.15, 0.2) is 70.5 Å². The van der Waals surface area contributed by atoms with E-state index < -0.39 is 33.8 Å². The third-order valence-corrected chi connectivity index (χ3v) is 7.34. The standard InChI is InChI=1S/C25H21NO7S2/c1-3-32-23(27)15-26-24(28)22(34-25(26)29)14-20-19-7-5-4-6-17(19)10-13-21(20)33-35(30,31)18-11-8-16(2)9-12-18/h4-14H,3,15H2,1-2H3/b22-14-. The van der Waals surface area contributed by atoms with Gasteiger partial charge >= 0.3 is 16.1 Å². The van der Waals surface area contributed by atoms with Gasteiger partial charge in [0.25, 0.3) is 11.1 Å². The number of ether oxygens (including phenoxy) is 1. The van der Waals surface area contributed by atoms with E-state index in [4.69, 9.17) is 8.92 Å². The normalized spacial score (nSPS) is 15.1. The fraction of sp³-hybridized carbons (Fsp3) is 0.160. The molecule has 1 aliphatic rings. The number of hydrogen-bond donors (Lipinski definition) is 0. The SMILES string of the molecule is CCOC(=O)CN1C(=O)S/C(=C\c2c(OS(=O)(=O)c3ccc(C)cc3)ccc3ccccc23)C1=O. The number of benzene rings is 3. The van der Waals surface area contributed by atoms with Crippen molar-refractivity contribution in [2.75, 3.05) is 13.2 Å². The van der Waals surface area contributed by atoms with Crippen LogP contribution in [0.25, 0.3) is 16.8 Å². The van der Waals surface area contributed by atoms with Crippen molar-refractivity contribution in [1.29, 1.82) is 0 Å². The maximum Gasteiger partial charge on any atom is 0.339 e. The van der Waals surface area contributed by atoms with Gasteiger partial charge in [0.05, 0.1) is 11.5 Å². The minimum atomic E-state index is -4.17. The average molecular weight is 512 g/mol. The molecule has 0 aromatic heterocycles. The molecule has 0 N–H and O–H groups in total. The fourth-order valence-electron chi connectivity index (χ4n) is 3.47. The molecule has 1 saturated heterocycles. The molecule has 3 aromatic carbocycles. The maximum atomic E-state index is 13.0. The zero-order valence-electron chi connectivity index (χ0n) is 18.9. The zero-order valence-corrected chi connectivity index (χ0v) is 20.5. The molecular weight excluding hydrogens is 490 g/mol. The van der Waals surface area contributed by atoms with Gasteiger partial charge in [-0.15, -0.1) is 0 Å². The maximum absolute atomic E-state index is 13.0. The van der Waals surface area contributed by atoms with Gasteiger partial charge in [0, 0.05) is 5.56 Å². The molecule has 4 rings (SSSR count). The van der Waals surface area contributed by atoms with Crippen molar-refractivity contribution in [3.63, 3.8) is 0 Å². The summed E-state index contributed by atoms with van der Waals surface area (Å²) in [7, 11) is -4.17. The Morgan fingerprint density at radius 2 is 1.74 bits per heavy atom. The van der Waals surface area contributed by atoms with Crippen LogP contribution in [0.2, 0.25) is 0 Å². The van der Waals surface area contributed by atoms with Gasteiger partial charge in [0.1, 0.15) is 11.4 Å². The van der Waals surface area contributed by atoms with Crippen LogP contribution in [0.1, 0.15) is 18.1 Å². The van der Waals surface area contributed by atoms with Crippen LogP contribution < -0.4 is 4.18 Å². The van der Waals surface area contributed by atoms with Gasteiger partial charge in [-0.2, -0.15) is 8.42 Å². The van der Waals surface area contributed by atoms with Gasteiger partial charge in [0.15, 0.2) is 5.75 Å². The Bertz CT molecular complexity index is 1460. The highest BCUT2D eigenvalue weighted by atomic mass is 32.2. The molecule has 8 nitrogen and oxygen atoms in total. The molecule has 0 bridgehead atoms. The zero-order chi connectivity index (χ0) is 25.2. The van der Waals surface area contributed by atoms with E-state index in [1.54, 1.807) is 37.3 Å². The van der Waals surface area contributed by atoms with E-state index in [1.165, 1.54) is 24.3 Å². The molecule has 1 heterocycles. The van der Waals surface area contributed by atoms with Gasteiger partial charge in [-0.3, -0.25) is 19.3 Å². The van der Waals surface area contributed by atoms with E-state index in [2.05, 4.69) is 0 Å². The number of hydrogen-bond acceptors (Lipinski definition) is 8. The first-order valence-electron chi connectivity index (χ1n) is 10.6. The van der Waals surface area contributed by atoms with E-state index in [0.29, 0.717) is 22.7 Å². The molecule has 0 unspecified atom stereocenters. The van der Waals surface area contributed by atoms with Crippen LogP contribution in [0.4, 0.5) is 4.79 Å². The third-order valence-electron chi connectivity index (χ3n) is 5.18. The lowest BCUT2D eigenvalue weighted by atomic mass is 10.0. The minimum absolute atomic E-state index is 0.00136. The topological polar surface area (TPSA) is 107 Å². The number of esters is 1. The number of rotatable bonds is 7. The summed E-state index contributed by atoms with van der Waals surface area (Å²) in [6, 6.07) is 16.6. The van der Waals surface area contributed by atoms with E-state index >= 15 is 0 Å². The summed E-state index contributed by atoms with van der Waals surface area (Å²) < 4.78 is 36.3. The molecule has 0 aliphatic carbocycles. The molecule has 180 valence electrons. The number of carbonyl (C=O) groups excluding carboxylic acids is 3. The van der Waals surface area contributed by atoms with Gasteiger partial charge < -0.3 is 8.92 Å². The summed E-state index contributed by atoms with van der Waals surface area (Å²) >= 11 is 0.656. The van der Waals surface area contributed by atoms with Gasteiger partial charge in [-0.05, 0) is 60.7 Å². The predicted octanol–water partition coefficient (Wildman–Crippen LogP) is 4.52. The highest BCUT2D eigenvalue weighted by Gasteiger charge is 2.37. The first-order valence-corrected chi connectivity index (χ1v) is 12.9. The van der Waals surface area contributed by atoms with Crippen molar-refractivity contribution >= 4 is 55.8 Å². The van der Waals surface area contributed by atoms with E-state index in [9.17, 15) is 22.8 Å². The lowest BCUT2D eigenvalue weighted by Gasteiger charge is -2.13. The Morgan fingerprint density at radius 1 is 1.03 bits per heavy atom. The van der Waals surface area contributed by atoms with Crippen molar-refractivity contribution in [2.45, 2.75) is 18.7 Å². The van der Waals surface area contributed by atoms with Gasteiger partial charge in [0.2, 0.25) is 0 Å². The quantitative estimate of drug-likeness (QED) is 0.259. The van der Waals surface area contributed by atoms with Crippen molar-refractivity contribution in [2.24, 2.45) is 0 Å². The molecule has 35 heavy (non-hydrogen) atoms. The number of amides is 2. The van der Waals surface area contributed by atoms with Crippen molar-refractivity contribution < 1.29 is 31.7 Å². The average Bonchev–Trinajstić information content (AvgIpc) is 3.08. The Hall–Kier alpha value is -3.63. The Balaban J connectivity index is 1.75. The van der Waals surface area contributed by atoms with Gasteiger partial charge in [-0.1, -0.05) is 48.0 Å². The lowest BCUT2D eigenvalue weighted by Crippen LogP contribution is -2.34. The Kier molecular flexibility index (Phi) is 6.95. The summed E-state index contributed by atoms with van der Waals surface area (Å²) in [5, 5.41) is 0.787. The molecule has 0 radical (unpaired) electrons. The highest BCUT2D eigenvalue weighted by Crippen LogP contribution is 2.37. The number of nitrogens with zero attached hydrogens (tertiary/aromatic N) is 1. The molecule has 2 amide bonds. The van der Waals surface area contributed by atoms with E-state index in [1.807, 2.05) is 19.1 Å².